The maximum atomic E-state index is 6.39. The minimum Gasteiger partial charge on any atom is -0.395 e. The zero-order chi connectivity index (χ0) is 18.0. The number of allylic oxidation sites excluding steroid dienone is 1. The Bertz CT molecular complexity index is 771. The van der Waals surface area contributed by atoms with E-state index in [1.54, 1.807) is 11.8 Å². The molecule has 2 heterocycles. The number of nitrogens with two attached hydrogens (primary N) is 2. The largest absolute Gasteiger partial charge is 0.395 e. The van der Waals surface area contributed by atoms with Crippen LogP contribution in [0.25, 0.3) is 5.70 Å². The fraction of sp³-hybridized carbons (Fsp3) is 0.500. The number of rotatable bonds is 7. The lowest BCUT2D eigenvalue weighted by molar-refractivity contribution is 0.391. The third-order valence-corrected chi connectivity index (χ3v) is 4.62. The van der Waals surface area contributed by atoms with Gasteiger partial charge in [-0.3, -0.25) is 4.98 Å². The van der Waals surface area contributed by atoms with Gasteiger partial charge in [-0.1, -0.05) is 13.0 Å². The van der Waals surface area contributed by atoms with Gasteiger partial charge in [0.05, 0.1) is 29.0 Å². The SMILES string of the molecule is CCc1nc(/C(N)=C(\Cn2ncc(CC3CC3)n2)N(C)N)ccc1C. The Hall–Kier alpha value is -2.41. The molecule has 7 nitrogen and oxygen atoms in total. The molecule has 134 valence electrons. The van der Waals surface area contributed by atoms with Crippen molar-refractivity contribution < 1.29 is 0 Å². The Morgan fingerprint density at radius 3 is 2.76 bits per heavy atom. The van der Waals surface area contributed by atoms with Gasteiger partial charge in [0.15, 0.2) is 0 Å². The van der Waals surface area contributed by atoms with E-state index in [9.17, 15) is 0 Å². The first-order valence-corrected chi connectivity index (χ1v) is 8.80. The van der Waals surface area contributed by atoms with Crippen LogP contribution in [-0.2, 0) is 19.4 Å². The molecule has 0 unspecified atom stereocenters. The molecule has 2 aromatic heterocycles. The van der Waals surface area contributed by atoms with E-state index in [0.29, 0.717) is 12.2 Å². The highest BCUT2D eigenvalue weighted by Gasteiger charge is 2.23. The molecule has 25 heavy (non-hydrogen) atoms. The molecule has 0 aromatic carbocycles. The number of aromatic nitrogens is 4. The summed E-state index contributed by atoms with van der Waals surface area (Å²) >= 11 is 0. The lowest BCUT2D eigenvalue weighted by atomic mass is 10.1. The molecule has 0 bridgehead atoms. The van der Waals surface area contributed by atoms with E-state index in [-0.39, 0.29) is 0 Å². The predicted octanol–water partition coefficient (Wildman–Crippen LogP) is 1.63. The first-order valence-electron chi connectivity index (χ1n) is 8.80. The summed E-state index contributed by atoms with van der Waals surface area (Å²) in [4.78, 5) is 6.32. The second-order valence-electron chi connectivity index (χ2n) is 6.80. The summed E-state index contributed by atoms with van der Waals surface area (Å²) in [5.41, 5.74) is 11.7. The first-order chi connectivity index (χ1) is 12.0. The molecule has 0 spiro atoms. The number of aryl methyl sites for hydroxylation is 2. The van der Waals surface area contributed by atoms with E-state index in [1.165, 1.54) is 23.4 Å². The molecule has 0 amide bonds. The lowest BCUT2D eigenvalue weighted by Gasteiger charge is -2.19. The van der Waals surface area contributed by atoms with Crippen LogP contribution >= 0.6 is 0 Å². The third-order valence-electron chi connectivity index (χ3n) is 4.62. The van der Waals surface area contributed by atoms with Crippen LogP contribution in [0.4, 0.5) is 0 Å². The van der Waals surface area contributed by atoms with E-state index in [4.69, 9.17) is 11.6 Å². The highest BCUT2D eigenvalue weighted by Crippen LogP contribution is 2.31. The molecule has 4 N–H and O–H groups in total. The molecule has 0 aliphatic heterocycles. The molecule has 3 rings (SSSR count). The molecule has 7 heteroatoms. The quantitative estimate of drug-likeness (QED) is 0.586. The van der Waals surface area contributed by atoms with E-state index < -0.39 is 0 Å². The Labute approximate surface area is 148 Å². The Kier molecular flexibility index (Phi) is 5.03. The number of pyridine rings is 1. The summed E-state index contributed by atoms with van der Waals surface area (Å²) in [6, 6.07) is 3.98. The van der Waals surface area contributed by atoms with Crippen molar-refractivity contribution in [3.8, 4) is 0 Å². The van der Waals surface area contributed by atoms with Crippen LogP contribution in [0, 0.1) is 12.8 Å². The van der Waals surface area contributed by atoms with Crippen LogP contribution in [0.15, 0.2) is 24.0 Å². The summed E-state index contributed by atoms with van der Waals surface area (Å²) in [6.45, 7) is 4.56. The monoisotopic (exact) mass is 341 g/mol. The van der Waals surface area contributed by atoms with Crippen molar-refractivity contribution in [3.05, 3.63) is 46.7 Å². The van der Waals surface area contributed by atoms with Crippen molar-refractivity contribution in [1.29, 1.82) is 0 Å². The molecule has 1 saturated carbocycles. The zero-order valence-electron chi connectivity index (χ0n) is 15.2. The minimum absolute atomic E-state index is 0.417. The molecule has 1 fully saturated rings. The van der Waals surface area contributed by atoms with Gasteiger partial charge in [-0.15, -0.1) is 0 Å². The smallest absolute Gasteiger partial charge is 0.104 e. The minimum atomic E-state index is 0.417. The van der Waals surface area contributed by atoms with E-state index in [0.717, 1.165) is 41.5 Å². The van der Waals surface area contributed by atoms with Gasteiger partial charge in [-0.25, -0.2) is 5.84 Å². The average molecular weight is 341 g/mol. The zero-order valence-corrected chi connectivity index (χ0v) is 15.2. The summed E-state index contributed by atoms with van der Waals surface area (Å²) in [5.74, 6) is 6.80. The summed E-state index contributed by atoms with van der Waals surface area (Å²) < 4.78 is 0. The maximum Gasteiger partial charge on any atom is 0.104 e. The first kappa shape index (κ1) is 17.4. The van der Waals surface area contributed by atoms with E-state index in [2.05, 4.69) is 29.0 Å². The van der Waals surface area contributed by atoms with Gasteiger partial charge in [0.2, 0.25) is 0 Å². The van der Waals surface area contributed by atoms with Gasteiger partial charge in [0.25, 0.3) is 0 Å². The van der Waals surface area contributed by atoms with Gasteiger partial charge in [0, 0.05) is 12.7 Å². The second-order valence-corrected chi connectivity index (χ2v) is 6.80. The molecule has 2 aromatic rings. The van der Waals surface area contributed by atoms with Gasteiger partial charge in [0.1, 0.15) is 6.54 Å². The third kappa shape index (κ3) is 4.17. The molecular formula is C18H27N7. The normalized spacial score (nSPS) is 15.2. The van der Waals surface area contributed by atoms with Crippen molar-refractivity contribution >= 4 is 5.70 Å². The molecular weight excluding hydrogens is 314 g/mol. The summed E-state index contributed by atoms with van der Waals surface area (Å²) in [5, 5.41) is 10.4. The fourth-order valence-electron chi connectivity index (χ4n) is 2.87. The van der Waals surface area contributed by atoms with Crippen LogP contribution in [0.5, 0.6) is 0 Å². The molecule has 0 atom stereocenters. The molecule has 0 radical (unpaired) electrons. The molecule has 1 aliphatic rings. The Balaban J connectivity index is 1.85. The van der Waals surface area contributed by atoms with Crippen molar-refractivity contribution in [2.45, 2.75) is 46.1 Å². The van der Waals surface area contributed by atoms with Crippen molar-refractivity contribution in [1.82, 2.24) is 25.0 Å². The highest BCUT2D eigenvalue weighted by molar-refractivity contribution is 5.62. The van der Waals surface area contributed by atoms with Crippen LogP contribution in [0.3, 0.4) is 0 Å². The topological polar surface area (TPSA) is 98.9 Å². The fourth-order valence-corrected chi connectivity index (χ4v) is 2.87. The summed E-state index contributed by atoms with van der Waals surface area (Å²) in [7, 11) is 1.77. The van der Waals surface area contributed by atoms with Crippen LogP contribution < -0.4 is 11.6 Å². The summed E-state index contributed by atoms with van der Waals surface area (Å²) in [6.07, 6.45) is 6.31. The Morgan fingerprint density at radius 2 is 2.12 bits per heavy atom. The average Bonchev–Trinajstić information content (AvgIpc) is 3.29. The van der Waals surface area contributed by atoms with Gasteiger partial charge in [-0.2, -0.15) is 15.0 Å². The highest BCUT2D eigenvalue weighted by atomic mass is 15.5. The standard InChI is InChI=1S/C18H27N7/c1-4-15-12(2)5-8-16(22-15)18(19)17(24(3)20)11-25-21-10-14(23-25)9-13-6-7-13/h5,8,10,13H,4,6-7,9,11,19-20H2,1-3H3/b18-17-. The maximum absolute atomic E-state index is 6.39. The number of nitrogens with zero attached hydrogens (tertiary/aromatic N) is 5. The number of hydrazine groups is 1. The lowest BCUT2D eigenvalue weighted by Crippen LogP contribution is -2.31. The number of likely N-dealkylation sites (N-methyl/N-ethyl adjacent to an activating group) is 1. The second kappa shape index (κ2) is 7.23. The van der Waals surface area contributed by atoms with Crippen LogP contribution in [0.2, 0.25) is 0 Å². The van der Waals surface area contributed by atoms with Gasteiger partial charge in [-0.05, 0) is 50.2 Å². The van der Waals surface area contributed by atoms with E-state index in [1.807, 2.05) is 18.3 Å². The van der Waals surface area contributed by atoms with Gasteiger partial charge >= 0.3 is 0 Å². The number of hydrogen-bond donors (Lipinski definition) is 2. The Morgan fingerprint density at radius 1 is 1.36 bits per heavy atom. The van der Waals surface area contributed by atoms with Crippen LogP contribution in [-0.4, -0.2) is 32.0 Å². The molecule has 1 aliphatic carbocycles. The van der Waals surface area contributed by atoms with Crippen molar-refractivity contribution in [2.75, 3.05) is 7.05 Å². The predicted molar refractivity (Wildman–Crippen MR) is 97.9 cm³/mol. The van der Waals surface area contributed by atoms with Crippen molar-refractivity contribution in [2.24, 2.45) is 17.5 Å². The van der Waals surface area contributed by atoms with E-state index >= 15 is 0 Å². The number of hydrogen-bond acceptors (Lipinski definition) is 6. The van der Waals surface area contributed by atoms with Gasteiger partial charge < -0.3 is 10.7 Å². The van der Waals surface area contributed by atoms with Crippen LogP contribution in [0.1, 0.15) is 42.4 Å². The van der Waals surface area contributed by atoms with Crippen molar-refractivity contribution in [3.63, 3.8) is 0 Å². The molecule has 0 saturated heterocycles.